The molecule has 20 heavy (non-hydrogen) atoms. The van der Waals surface area contributed by atoms with Crippen molar-refractivity contribution in [1.29, 1.82) is 0 Å². The van der Waals surface area contributed by atoms with Crippen molar-refractivity contribution in [1.82, 2.24) is 4.90 Å². The number of benzene rings is 1. The van der Waals surface area contributed by atoms with Gasteiger partial charge in [-0.05, 0) is 59.8 Å². The minimum Gasteiger partial charge on any atom is -0.496 e. The molecule has 0 radical (unpaired) electrons. The first-order valence-corrected chi connectivity index (χ1v) is 7.91. The molecule has 1 saturated heterocycles. The highest BCUT2D eigenvalue weighted by atomic mass is 79.9. The highest BCUT2D eigenvalue weighted by molar-refractivity contribution is 9.10. The maximum Gasteiger partial charge on any atom is 0.176 e. The van der Waals surface area contributed by atoms with E-state index < -0.39 is 0 Å². The van der Waals surface area contributed by atoms with E-state index in [0.29, 0.717) is 18.5 Å². The maximum atomic E-state index is 12.4. The topological polar surface area (TPSA) is 29.5 Å². The predicted octanol–water partition coefficient (Wildman–Crippen LogP) is 3.76. The quantitative estimate of drug-likeness (QED) is 0.782. The molecule has 1 heterocycles. The van der Waals surface area contributed by atoms with Crippen molar-refractivity contribution in [3.8, 4) is 5.75 Å². The van der Waals surface area contributed by atoms with Crippen molar-refractivity contribution >= 4 is 21.7 Å². The number of carbonyl (C=O) groups excluding carboxylic acids is 1. The molecule has 1 aliphatic heterocycles. The molecule has 0 amide bonds. The van der Waals surface area contributed by atoms with Crippen molar-refractivity contribution in [2.24, 2.45) is 5.92 Å². The van der Waals surface area contributed by atoms with Crippen molar-refractivity contribution < 1.29 is 9.53 Å². The average Bonchev–Trinajstić information content (AvgIpc) is 2.42. The summed E-state index contributed by atoms with van der Waals surface area (Å²) in [6.45, 7) is 5.99. The lowest BCUT2D eigenvalue weighted by Crippen LogP contribution is -2.43. The highest BCUT2D eigenvalue weighted by Crippen LogP contribution is 2.26. The number of Topliss-reactive ketones (excluding diaryl/α,β-unsaturated/α-hetero) is 1. The van der Waals surface area contributed by atoms with E-state index in [1.165, 1.54) is 12.8 Å². The summed E-state index contributed by atoms with van der Waals surface area (Å²) in [4.78, 5) is 14.7. The molecule has 0 aromatic heterocycles. The maximum absolute atomic E-state index is 12.4. The number of piperidine rings is 1. The van der Waals surface area contributed by atoms with Gasteiger partial charge in [0.2, 0.25) is 0 Å². The van der Waals surface area contributed by atoms with E-state index in [9.17, 15) is 4.79 Å². The molecule has 1 fully saturated rings. The molecule has 2 unspecified atom stereocenters. The van der Waals surface area contributed by atoms with Crippen LogP contribution in [-0.4, -0.2) is 36.9 Å². The van der Waals surface area contributed by atoms with Gasteiger partial charge in [-0.3, -0.25) is 9.69 Å². The lowest BCUT2D eigenvalue weighted by Gasteiger charge is -2.36. The van der Waals surface area contributed by atoms with Crippen LogP contribution < -0.4 is 4.74 Å². The Hall–Kier alpha value is -0.870. The van der Waals surface area contributed by atoms with Gasteiger partial charge in [0.1, 0.15) is 5.75 Å². The first-order valence-electron chi connectivity index (χ1n) is 7.12. The number of likely N-dealkylation sites (tertiary alicyclic amines) is 1. The number of rotatable bonds is 4. The van der Waals surface area contributed by atoms with Gasteiger partial charge in [-0.1, -0.05) is 6.92 Å². The predicted molar refractivity (Wildman–Crippen MR) is 84.5 cm³/mol. The second-order valence-electron chi connectivity index (χ2n) is 5.73. The van der Waals surface area contributed by atoms with Gasteiger partial charge < -0.3 is 4.74 Å². The van der Waals surface area contributed by atoms with Gasteiger partial charge in [0, 0.05) is 18.2 Å². The molecule has 1 aromatic rings. The SMILES string of the molecule is COc1ccc(C(=O)CN2CC(C)CCC2C)cc1Br. The first kappa shape index (κ1) is 15.5. The molecule has 0 aliphatic carbocycles. The van der Waals surface area contributed by atoms with E-state index in [1.807, 2.05) is 18.2 Å². The van der Waals surface area contributed by atoms with Gasteiger partial charge in [-0.2, -0.15) is 0 Å². The summed E-state index contributed by atoms with van der Waals surface area (Å²) >= 11 is 3.43. The molecule has 0 bridgehead atoms. The fraction of sp³-hybridized carbons (Fsp3) is 0.562. The van der Waals surface area contributed by atoms with E-state index in [0.717, 1.165) is 22.3 Å². The molecular weight excluding hydrogens is 318 g/mol. The van der Waals surface area contributed by atoms with E-state index in [4.69, 9.17) is 4.74 Å². The van der Waals surface area contributed by atoms with Gasteiger partial charge in [-0.15, -0.1) is 0 Å². The Morgan fingerprint density at radius 2 is 2.15 bits per heavy atom. The standard InChI is InChI=1S/C16H22BrNO2/c1-11-4-5-12(2)18(9-11)10-15(19)13-6-7-16(20-3)14(17)8-13/h6-8,11-12H,4-5,9-10H2,1-3H3. The van der Waals surface area contributed by atoms with Crippen molar-refractivity contribution in [3.05, 3.63) is 28.2 Å². The Bertz CT molecular complexity index is 489. The lowest BCUT2D eigenvalue weighted by atomic mass is 9.94. The summed E-state index contributed by atoms with van der Waals surface area (Å²) in [5.41, 5.74) is 0.739. The Balaban J connectivity index is 2.06. The fourth-order valence-corrected chi connectivity index (χ4v) is 3.26. The molecule has 110 valence electrons. The number of methoxy groups -OCH3 is 1. The minimum absolute atomic E-state index is 0.175. The number of hydrogen-bond acceptors (Lipinski definition) is 3. The minimum atomic E-state index is 0.175. The average molecular weight is 340 g/mol. The third kappa shape index (κ3) is 3.61. The molecule has 0 saturated carbocycles. The summed E-state index contributed by atoms with van der Waals surface area (Å²) in [7, 11) is 1.62. The Morgan fingerprint density at radius 3 is 2.80 bits per heavy atom. The van der Waals surface area contributed by atoms with Gasteiger partial charge in [-0.25, -0.2) is 0 Å². The van der Waals surface area contributed by atoms with E-state index in [2.05, 4.69) is 34.7 Å². The smallest absolute Gasteiger partial charge is 0.176 e. The van der Waals surface area contributed by atoms with Crippen LogP contribution in [0.3, 0.4) is 0 Å². The third-order valence-electron chi connectivity index (χ3n) is 4.07. The Morgan fingerprint density at radius 1 is 1.40 bits per heavy atom. The van der Waals surface area contributed by atoms with E-state index in [-0.39, 0.29) is 5.78 Å². The number of carbonyl (C=O) groups is 1. The molecule has 0 N–H and O–H groups in total. The molecule has 2 atom stereocenters. The molecule has 1 aromatic carbocycles. The van der Waals surface area contributed by atoms with Crippen molar-refractivity contribution in [3.63, 3.8) is 0 Å². The van der Waals surface area contributed by atoms with Gasteiger partial charge in [0.15, 0.2) is 5.78 Å². The zero-order chi connectivity index (χ0) is 14.7. The van der Waals surface area contributed by atoms with Crippen LogP contribution in [0.25, 0.3) is 0 Å². The summed E-state index contributed by atoms with van der Waals surface area (Å²) in [5, 5.41) is 0. The van der Waals surface area contributed by atoms with E-state index in [1.54, 1.807) is 7.11 Å². The van der Waals surface area contributed by atoms with Gasteiger partial charge in [0.05, 0.1) is 18.1 Å². The van der Waals surface area contributed by atoms with Crippen LogP contribution in [-0.2, 0) is 0 Å². The largest absolute Gasteiger partial charge is 0.496 e. The molecule has 0 spiro atoms. The Kier molecular flexibility index (Phi) is 5.22. The highest BCUT2D eigenvalue weighted by Gasteiger charge is 2.25. The van der Waals surface area contributed by atoms with Crippen LogP contribution in [0.4, 0.5) is 0 Å². The van der Waals surface area contributed by atoms with Crippen LogP contribution in [0.1, 0.15) is 37.0 Å². The molecule has 3 nitrogen and oxygen atoms in total. The van der Waals surface area contributed by atoms with Crippen LogP contribution >= 0.6 is 15.9 Å². The summed E-state index contributed by atoms with van der Waals surface area (Å²) in [5.74, 6) is 1.61. The number of nitrogens with zero attached hydrogens (tertiary/aromatic N) is 1. The molecule has 1 aliphatic rings. The van der Waals surface area contributed by atoms with E-state index >= 15 is 0 Å². The van der Waals surface area contributed by atoms with Crippen LogP contribution in [0, 0.1) is 5.92 Å². The second kappa shape index (κ2) is 6.72. The zero-order valence-corrected chi connectivity index (χ0v) is 13.9. The first-order chi connectivity index (χ1) is 9.51. The molecular formula is C16H22BrNO2. The summed E-state index contributed by atoms with van der Waals surface area (Å²) in [6.07, 6.45) is 2.45. The van der Waals surface area contributed by atoms with Gasteiger partial charge >= 0.3 is 0 Å². The van der Waals surface area contributed by atoms with Crippen molar-refractivity contribution in [2.45, 2.75) is 32.7 Å². The van der Waals surface area contributed by atoms with Crippen LogP contribution in [0.5, 0.6) is 5.75 Å². The number of hydrogen-bond donors (Lipinski definition) is 0. The zero-order valence-electron chi connectivity index (χ0n) is 12.4. The second-order valence-corrected chi connectivity index (χ2v) is 6.59. The third-order valence-corrected chi connectivity index (χ3v) is 4.69. The number of halogens is 1. The normalized spacial score (nSPS) is 23.6. The molecule has 2 rings (SSSR count). The van der Waals surface area contributed by atoms with Crippen LogP contribution in [0.15, 0.2) is 22.7 Å². The van der Waals surface area contributed by atoms with Crippen LogP contribution in [0.2, 0.25) is 0 Å². The fourth-order valence-electron chi connectivity index (χ4n) is 2.72. The summed E-state index contributed by atoms with van der Waals surface area (Å²) in [6, 6.07) is 6.01. The Labute approximate surface area is 129 Å². The summed E-state index contributed by atoms with van der Waals surface area (Å²) < 4.78 is 6.02. The van der Waals surface area contributed by atoms with Gasteiger partial charge in [0.25, 0.3) is 0 Å². The monoisotopic (exact) mass is 339 g/mol. The van der Waals surface area contributed by atoms with Crippen molar-refractivity contribution in [2.75, 3.05) is 20.2 Å². The number of ketones is 1. The number of ether oxygens (including phenoxy) is 1. The lowest BCUT2D eigenvalue weighted by molar-refractivity contribution is 0.0805. The molecule has 4 heteroatoms.